The molecule has 0 saturated carbocycles. The molecule has 0 rings (SSSR count). The standard InChI is InChI=1S/5C2H3O2.V/c5*3-1-2-4;/h5*1H,2H2;/q5*-1;+5. The summed E-state index contributed by atoms with van der Waals surface area (Å²) in [6, 6.07) is 0. The summed E-state index contributed by atoms with van der Waals surface area (Å²) in [5, 5.41) is 44.7. The van der Waals surface area contributed by atoms with Crippen LogP contribution in [0.5, 0.6) is 0 Å². The molecule has 0 unspecified atom stereocenters. The summed E-state index contributed by atoms with van der Waals surface area (Å²) in [4.78, 5) is 44.3. The average molecular weight is 346 g/mol. The molecule has 0 aromatic heterocycles. The fourth-order valence-electron chi connectivity index (χ4n) is 0. The van der Waals surface area contributed by atoms with Gasteiger partial charge in [-0.2, -0.15) is 0 Å². The van der Waals surface area contributed by atoms with Crippen molar-refractivity contribution >= 4 is 31.4 Å². The molecule has 0 aliphatic carbocycles. The third kappa shape index (κ3) is 376. The summed E-state index contributed by atoms with van der Waals surface area (Å²) < 4.78 is 0. The molecule has 0 aliphatic rings. The van der Waals surface area contributed by atoms with Crippen LogP contribution < -0.4 is 25.5 Å². The van der Waals surface area contributed by atoms with Crippen molar-refractivity contribution in [3.63, 3.8) is 0 Å². The maximum atomic E-state index is 8.93. The third-order valence-electron chi connectivity index (χ3n) is 0.340. The van der Waals surface area contributed by atoms with E-state index in [0.29, 0.717) is 31.4 Å². The molecule has 0 fully saturated rings. The molecule has 0 atom stereocenters. The molecule has 0 N–H and O–H groups in total. The molecule has 21 heavy (non-hydrogen) atoms. The van der Waals surface area contributed by atoms with Crippen LogP contribution in [0.2, 0.25) is 0 Å². The number of carbonyl (C=O) groups excluding carboxylic acids is 5. The van der Waals surface area contributed by atoms with Crippen LogP contribution in [0, 0.1) is 0 Å². The van der Waals surface area contributed by atoms with E-state index in [4.69, 9.17) is 49.5 Å². The Kier molecular flexibility index (Phi) is 135. The van der Waals surface area contributed by atoms with Crippen molar-refractivity contribution in [2.45, 2.75) is 0 Å². The Balaban J connectivity index is -0.0000000331. The van der Waals surface area contributed by atoms with Gasteiger partial charge in [0.05, 0.1) is 0 Å². The van der Waals surface area contributed by atoms with Crippen molar-refractivity contribution in [3.8, 4) is 0 Å². The van der Waals surface area contributed by atoms with E-state index in [1.807, 2.05) is 0 Å². The van der Waals surface area contributed by atoms with Crippen molar-refractivity contribution in [1.29, 1.82) is 0 Å². The number of aldehydes is 5. The molecule has 0 spiro atoms. The molecule has 0 bridgehead atoms. The molecule has 0 heterocycles. The number of carbonyl (C=O) groups is 5. The van der Waals surface area contributed by atoms with E-state index in [9.17, 15) is 0 Å². The smallest absolute Gasteiger partial charge is 0.849 e. The SMILES string of the molecule is O=CC[O-].O=CC[O-].O=CC[O-].O=CC[O-].O=CC[O-].[V+5]. The fraction of sp³-hybridized carbons (Fsp3) is 0.500. The van der Waals surface area contributed by atoms with Gasteiger partial charge >= 0.3 is 18.6 Å². The summed E-state index contributed by atoms with van der Waals surface area (Å²) in [6.07, 6.45) is 1.60. The first-order valence-corrected chi connectivity index (χ1v) is 4.66. The maximum absolute atomic E-state index is 8.93. The zero-order valence-corrected chi connectivity index (χ0v) is 12.3. The van der Waals surface area contributed by atoms with Gasteiger partial charge in [0.2, 0.25) is 0 Å². The predicted octanol–water partition coefficient (Wildman–Crippen LogP) is -7.27. The van der Waals surface area contributed by atoms with E-state index in [0.717, 1.165) is 0 Å². The van der Waals surface area contributed by atoms with Crippen LogP contribution in [-0.2, 0) is 42.5 Å². The monoisotopic (exact) mass is 346 g/mol. The molecule has 120 valence electrons. The van der Waals surface area contributed by atoms with Crippen LogP contribution in [0.1, 0.15) is 0 Å². The average Bonchev–Trinajstić information content (AvgIpc) is 2.55. The maximum Gasteiger partial charge on any atom is 5.00 e. The Morgan fingerprint density at radius 1 is 0.429 bits per heavy atom. The van der Waals surface area contributed by atoms with Crippen LogP contribution >= 0.6 is 0 Å². The largest absolute Gasteiger partial charge is 5.00 e. The topological polar surface area (TPSA) is 201 Å². The molecule has 0 saturated heterocycles. The zero-order chi connectivity index (χ0) is 17.1. The number of rotatable bonds is 5. The summed E-state index contributed by atoms with van der Waals surface area (Å²) in [5.74, 6) is 0. The third-order valence-corrected chi connectivity index (χ3v) is 0.340. The van der Waals surface area contributed by atoms with Gasteiger partial charge in [-0.1, -0.05) is 33.0 Å². The molecule has 0 radical (unpaired) electrons. The summed E-state index contributed by atoms with van der Waals surface area (Å²) >= 11 is 0. The van der Waals surface area contributed by atoms with Gasteiger partial charge in [-0.05, 0) is 0 Å². The second-order valence-electron chi connectivity index (χ2n) is 1.67. The minimum Gasteiger partial charge on any atom is -0.849 e. The molecule has 0 aromatic carbocycles. The van der Waals surface area contributed by atoms with Crippen LogP contribution in [0.15, 0.2) is 0 Å². The molecule has 11 heteroatoms. The van der Waals surface area contributed by atoms with E-state index in [1.54, 1.807) is 0 Å². The van der Waals surface area contributed by atoms with E-state index >= 15 is 0 Å². The molecular weight excluding hydrogens is 331 g/mol. The Morgan fingerprint density at radius 2 is 0.476 bits per heavy atom. The van der Waals surface area contributed by atoms with Crippen molar-refractivity contribution < 1.29 is 68.1 Å². The van der Waals surface area contributed by atoms with E-state index in [1.165, 1.54) is 0 Å². The Labute approximate surface area is 133 Å². The fourth-order valence-corrected chi connectivity index (χ4v) is 0. The molecule has 10 nitrogen and oxygen atoms in total. The van der Waals surface area contributed by atoms with Crippen molar-refractivity contribution in [2.75, 3.05) is 33.0 Å². The quantitative estimate of drug-likeness (QED) is 0.430. The number of hydrogen-bond donors (Lipinski definition) is 0. The molecule has 0 amide bonds. The van der Waals surface area contributed by atoms with Gasteiger partial charge in [0.1, 0.15) is 31.4 Å². The second-order valence-corrected chi connectivity index (χ2v) is 1.67. The van der Waals surface area contributed by atoms with E-state index < -0.39 is 33.0 Å². The Hall–Kier alpha value is -1.27. The van der Waals surface area contributed by atoms with Crippen LogP contribution in [0.4, 0.5) is 0 Å². The van der Waals surface area contributed by atoms with Crippen molar-refractivity contribution in [2.24, 2.45) is 0 Å². The summed E-state index contributed by atoms with van der Waals surface area (Å²) in [7, 11) is 0. The van der Waals surface area contributed by atoms with Gasteiger partial charge in [-0.15, -0.1) is 0 Å². The molecular formula is C10H15O10V. The van der Waals surface area contributed by atoms with Gasteiger partial charge in [0.15, 0.2) is 0 Å². The van der Waals surface area contributed by atoms with Gasteiger partial charge < -0.3 is 49.5 Å². The normalized spacial score (nSPS) is 5.95. The van der Waals surface area contributed by atoms with Crippen LogP contribution in [-0.4, -0.2) is 64.5 Å². The predicted molar refractivity (Wildman–Crippen MR) is 54.7 cm³/mol. The minimum atomic E-state index is -0.611. The van der Waals surface area contributed by atoms with Gasteiger partial charge in [-0.3, -0.25) is 0 Å². The van der Waals surface area contributed by atoms with Gasteiger partial charge in [0.25, 0.3) is 0 Å². The Bertz CT molecular complexity index is 142. The first kappa shape index (κ1) is 36.7. The van der Waals surface area contributed by atoms with Crippen molar-refractivity contribution in [1.82, 2.24) is 0 Å². The van der Waals surface area contributed by atoms with Crippen LogP contribution in [0.3, 0.4) is 0 Å². The Morgan fingerprint density at radius 3 is 0.476 bits per heavy atom. The zero-order valence-electron chi connectivity index (χ0n) is 11.0. The molecule has 0 aromatic rings. The number of hydrogen-bond acceptors (Lipinski definition) is 10. The summed E-state index contributed by atoms with van der Waals surface area (Å²) in [5.41, 5.74) is 0. The van der Waals surface area contributed by atoms with E-state index in [2.05, 4.69) is 0 Å². The molecule has 0 aliphatic heterocycles. The van der Waals surface area contributed by atoms with Crippen molar-refractivity contribution in [3.05, 3.63) is 0 Å². The minimum absolute atomic E-state index is 0. The summed E-state index contributed by atoms with van der Waals surface area (Å²) in [6.45, 7) is -3.06. The van der Waals surface area contributed by atoms with Gasteiger partial charge in [0, 0.05) is 0 Å². The first-order chi connectivity index (χ1) is 9.57. The first-order valence-electron chi connectivity index (χ1n) is 4.66. The second kappa shape index (κ2) is 77.2. The van der Waals surface area contributed by atoms with Gasteiger partial charge in [-0.25, -0.2) is 0 Å². The van der Waals surface area contributed by atoms with E-state index in [-0.39, 0.29) is 18.6 Å². The van der Waals surface area contributed by atoms with Crippen LogP contribution in [0.25, 0.3) is 0 Å².